The van der Waals surface area contributed by atoms with Crippen LogP contribution < -0.4 is 4.80 Å². The molecule has 0 saturated heterocycles. The van der Waals surface area contributed by atoms with Crippen molar-refractivity contribution in [1.82, 2.24) is 4.57 Å². The van der Waals surface area contributed by atoms with Crippen LogP contribution in [0, 0.1) is 10.8 Å². The number of fused-ring (bicyclic) bond motifs is 2. The predicted molar refractivity (Wildman–Crippen MR) is 88.2 cm³/mol. The first-order valence-electron chi connectivity index (χ1n) is 6.91. The number of rotatable bonds is 0. The monoisotopic (exact) mass is 295 g/mol. The van der Waals surface area contributed by atoms with Gasteiger partial charge in [0.25, 0.3) is 0 Å². The smallest absolute Gasteiger partial charge is 0.182 e. The second-order valence-electron chi connectivity index (χ2n) is 5.07. The van der Waals surface area contributed by atoms with Crippen molar-refractivity contribution in [2.75, 3.05) is 0 Å². The molecule has 3 nitrogen and oxygen atoms in total. The van der Waals surface area contributed by atoms with Crippen molar-refractivity contribution in [2.24, 2.45) is 7.05 Å². The molecule has 0 radical (unpaired) electrons. The Bertz CT molecular complexity index is 858. The Morgan fingerprint density at radius 2 is 1.67 bits per heavy atom. The van der Waals surface area contributed by atoms with Crippen molar-refractivity contribution in [1.29, 1.82) is 10.8 Å². The molecule has 1 heterocycles. The maximum absolute atomic E-state index is 7.53. The topological polar surface area (TPSA) is 52.6 Å². The van der Waals surface area contributed by atoms with Gasteiger partial charge in [-0.1, -0.05) is 47.7 Å². The van der Waals surface area contributed by atoms with E-state index >= 15 is 0 Å². The van der Waals surface area contributed by atoms with Crippen LogP contribution in [0.1, 0.15) is 17.5 Å². The Balaban J connectivity index is 0.000000126. The van der Waals surface area contributed by atoms with Crippen molar-refractivity contribution in [3.05, 3.63) is 64.5 Å². The number of benzene rings is 2. The molecule has 2 N–H and O–H groups in total. The fraction of sp³-hybridized carbons (Fsp3) is 0.176. The summed E-state index contributed by atoms with van der Waals surface area (Å²) in [6.45, 7) is 0. The summed E-state index contributed by atoms with van der Waals surface area (Å²) in [5.74, 6) is 0. The van der Waals surface area contributed by atoms with Crippen LogP contribution in [-0.4, -0.2) is 10.3 Å². The maximum atomic E-state index is 7.53. The normalized spacial score (nSPS) is 12.9. The SMILES string of the molecule is Cn1c(=N)sc2ccccc21.N=C1CCc2ccccc21. The zero-order chi connectivity index (χ0) is 14.8. The van der Waals surface area contributed by atoms with Crippen molar-refractivity contribution < 1.29 is 0 Å². The first kappa shape index (κ1) is 13.8. The van der Waals surface area contributed by atoms with Gasteiger partial charge < -0.3 is 9.98 Å². The number of thiazole rings is 1. The van der Waals surface area contributed by atoms with E-state index in [-0.39, 0.29) is 0 Å². The number of hydrogen-bond donors (Lipinski definition) is 2. The molecular formula is C17H17N3S. The molecule has 4 heteroatoms. The molecule has 1 aliphatic rings. The molecule has 3 aromatic rings. The van der Waals surface area contributed by atoms with Gasteiger partial charge in [-0.25, -0.2) is 0 Å². The van der Waals surface area contributed by atoms with Gasteiger partial charge in [0.05, 0.1) is 10.2 Å². The molecule has 0 unspecified atom stereocenters. The van der Waals surface area contributed by atoms with E-state index in [1.54, 1.807) is 0 Å². The average molecular weight is 295 g/mol. The molecular weight excluding hydrogens is 278 g/mol. The Labute approximate surface area is 127 Å². The molecule has 0 bridgehead atoms. The maximum Gasteiger partial charge on any atom is 0.182 e. The third-order valence-corrected chi connectivity index (χ3v) is 4.76. The van der Waals surface area contributed by atoms with Gasteiger partial charge in [0.2, 0.25) is 0 Å². The average Bonchev–Trinajstić information content (AvgIpc) is 3.02. The molecule has 0 aliphatic heterocycles. The molecule has 0 atom stereocenters. The molecule has 21 heavy (non-hydrogen) atoms. The van der Waals surface area contributed by atoms with Crippen LogP contribution in [-0.2, 0) is 13.5 Å². The van der Waals surface area contributed by atoms with Gasteiger partial charge >= 0.3 is 0 Å². The fourth-order valence-corrected chi connectivity index (χ4v) is 3.43. The highest BCUT2D eigenvalue weighted by molar-refractivity contribution is 7.16. The second-order valence-corrected chi connectivity index (χ2v) is 6.10. The Kier molecular flexibility index (Phi) is 3.71. The van der Waals surface area contributed by atoms with E-state index in [9.17, 15) is 0 Å². The van der Waals surface area contributed by atoms with E-state index in [0.717, 1.165) is 29.6 Å². The van der Waals surface area contributed by atoms with Crippen LogP contribution in [0.3, 0.4) is 0 Å². The lowest BCUT2D eigenvalue weighted by Gasteiger charge is -1.94. The Morgan fingerprint density at radius 3 is 2.43 bits per heavy atom. The van der Waals surface area contributed by atoms with Gasteiger partial charge in [-0.3, -0.25) is 5.41 Å². The summed E-state index contributed by atoms with van der Waals surface area (Å²) in [6, 6.07) is 16.2. The molecule has 0 amide bonds. The molecule has 1 aromatic heterocycles. The van der Waals surface area contributed by atoms with Crippen molar-refractivity contribution >= 4 is 27.3 Å². The summed E-state index contributed by atoms with van der Waals surface area (Å²) >= 11 is 1.51. The van der Waals surface area contributed by atoms with Gasteiger partial charge in [0.15, 0.2) is 4.80 Å². The minimum Gasteiger partial charge on any atom is -0.320 e. The molecule has 2 aromatic carbocycles. The van der Waals surface area contributed by atoms with E-state index < -0.39 is 0 Å². The van der Waals surface area contributed by atoms with Gasteiger partial charge in [-0.15, -0.1) is 0 Å². The third-order valence-electron chi connectivity index (χ3n) is 3.72. The number of aryl methyl sites for hydroxylation is 2. The zero-order valence-electron chi connectivity index (χ0n) is 11.9. The Hall–Kier alpha value is -2.20. The fourth-order valence-electron chi connectivity index (χ4n) is 2.53. The van der Waals surface area contributed by atoms with Crippen molar-refractivity contribution in [2.45, 2.75) is 12.8 Å². The van der Waals surface area contributed by atoms with Gasteiger partial charge in [0.1, 0.15) is 0 Å². The van der Waals surface area contributed by atoms with Crippen LogP contribution in [0.2, 0.25) is 0 Å². The summed E-state index contributed by atoms with van der Waals surface area (Å²) in [7, 11) is 1.92. The highest BCUT2D eigenvalue weighted by Gasteiger charge is 2.13. The number of hydrogen-bond acceptors (Lipinski definition) is 3. The van der Waals surface area contributed by atoms with E-state index in [1.165, 1.54) is 21.6 Å². The van der Waals surface area contributed by atoms with Crippen LogP contribution >= 0.6 is 11.3 Å². The minimum atomic E-state index is 0.603. The third kappa shape index (κ3) is 2.67. The summed E-state index contributed by atoms with van der Waals surface area (Å²) in [6.07, 6.45) is 1.99. The summed E-state index contributed by atoms with van der Waals surface area (Å²) in [5.41, 5.74) is 4.44. The largest absolute Gasteiger partial charge is 0.320 e. The van der Waals surface area contributed by atoms with Gasteiger partial charge in [0, 0.05) is 12.8 Å². The van der Waals surface area contributed by atoms with Gasteiger partial charge in [-0.05, 0) is 36.1 Å². The van der Waals surface area contributed by atoms with Crippen molar-refractivity contribution in [3.63, 3.8) is 0 Å². The van der Waals surface area contributed by atoms with Gasteiger partial charge in [-0.2, -0.15) is 0 Å². The van der Waals surface area contributed by atoms with Crippen LogP contribution in [0.25, 0.3) is 10.2 Å². The standard InChI is InChI=1S/C9H9N.C8H8N2S/c10-9-6-5-7-3-1-2-4-8(7)9;1-10-6-4-2-3-5-7(6)11-8(10)9/h1-4,10H,5-6H2;2-5,9H,1H3. The Morgan fingerprint density at radius 1 is 0.952 bits per heavy atom. The highest BCUT2D eigenvalue weighted by atomic mass is 32.1. The van der Waals surface area contributed by atoms with E-state index in [0.29, 0.717) is 4.80 Å². The highest BCUT2D eigenvalue weighted by Crippen LogP contribution is 2.20. The number of para-hydroxylation sites is 1. The first-order valence-corrected chi connectivity index (χ1v) is 7.73. The molecule has 0 fully saturated rings. The van der Waals surface area contributed by atoms with E-state index in [4.69, 9.17) is 10.8 Å². The zero-order valence-corrected chi connectivity index (χ0v) is 12.7. The quantitative estimate of drug-likeness (QED) is 0.635. The molecule has 0 saturated carbocycles. The van der Waals surface area contributed by atoms with E-state index in [2.05, 4.69) is 6.07 Å². The lowest BCUT2D eigenvalue weighted by atomic mass is 10.1. The number of aromatic nitrogens is 1. The molecule has 0 spiro atoms. The predicted octanol–water partition coefficient (Wildman–Crippen LogP) is 3.72. The molecule has 106 valence electrons. The lowest BCUT2D eigenvalue weighted by molar-refractivity contribution is 0.893. The van der Waals surface area contributed by atoms with Crippen LogP contribution in [0.4, 0.5) is 0 Å². The van der Waals surface area contributed by atoms with Crippen LogP contribution in [0.15, 0.2) is 48.5 Å². The number of nitrogens with one attached hydrogen (secondary N) is 2. The molecule has 4 rings (SSSR count). The lowest BCUT2D eigenvalue weighted by Crippen LogP contribution is -2.06. The minimum absolute atomic E-state index is 0.603. The second kappa shape index (κ2) is 5.66. The van der Waals surface area contributed by atoms with Crippen LogP contribution in [0.5, 0.6) is 0 Å². The summed E-state index contributed by atoms with van der Waals surface area (Å²) in [5, 5.41) is 15.1. The summed E-state index contributed by atoms with van der Waals surface area (Å²) in [4.78, 5) is 0.603. The molecule has 1 aliphatic carbocycles. The van der Waals surface area contributed by atoms with E-state index in [1.807, 2.05) is 54.1 Å². The number of nitrogens with zero attached hydrogens (tertiary/aromatic N) is 1. The first-order chi connectivity index (χ1) is 10.2. The summed E-state index contributed by atoms with van der Waals surface area (Å²) < 4.78 is 3.07. The van der Waals surface area contributed by atoms with Crippen molar-refractivity contribution in [3.8, 4) is 0 Å².